The first-order chi connectivity index (χ1) is 30.3. The van der Waals surface area contributed by atoms with Crippen LogP contribution < -0.4 is 5.32 Å². The second-order valence-corrected chi connectivity index (χ2v) is 19.2. The van der Waals surface area contributed by atoms with Crippen LogP contribution in [0.2, 0.25) is 0 Å². The van der Waals surface area contributed by atoms with E-state index in [1.807, 2.05) is 0 Å². The summed E-state index contributed by atoms with van der Waals surface area (Å²) < 4.78 is 11.2. The SMILES string of the molecule is CCCCCCCCCCCCCCCCCCCCCCCCC(=O)N[C@@H](CO[C@@H]1O[C@H](CO)[C@@H](O)C(O)C1O)[C@H](O)[C@H](O)CCCCCCCCCCCCCCCCC. The Hall–Kier alpha value is -0.850. The predicted molar refractivity (Wildman–Crippen MR) is 255 cm³/mol. The molecule has 0 aromatic carbocycles. The number of ether oxygens (including phenoxy) is 2. The second-order valence-electron chi connectivity index (χ2n) is 19.2. The van der Waals surface area contributed by atoms with Crippen molar-refractivity contribution in [2.45, 2.75) is 313 Å². The van der Waals surface area contributed by atoms with Crippen LogP contribution in [0.25, 0.3) is 0 Å². The maximum atomic E-state index is 13.1. The lowest BCUT2D eigenvalue weighted by Crippen LogP contribution is -2.60. The van der Waals surface area contributed by atoms with Gasteiger partial charge in [-0.3, -0.25) is 4.79 Å². The van der Waals surface area contributed by atoms with Gasteiger partial charge in [0.1, 0.15) is 30.5 Å². The fraction of sp³-hybridized carbons (Fsp3) is 0.981. The molecule has 0 radical (unpaired) electrons. The summed E-state index contributed by atoms with van der Waals surface area (Å²) in [5, 5.41) is 65.4. The van der Waals surface area contributed by atoms with Crippen molar-refractivity contribution in [3.05, 3.63) is 0 Å². The Kier molecular flexibility index (Phi) is 40.8. The molecule has 1 aliphatic heterocycles. The summed E-state index contributed by atoms with van der Waals surface area (Å²) in [6.45, 7) is 3.65. The molecule has 370 valence electrons. The molecule has 1 rings (SSSR count). The highest BCUT2D eigenvalue weighted by Crippen LogP contribution is 2.23. The van der Waals surface area contributed by atoms with Gasteiger partial charge in [-0.2, -0.15) is 0 Å². The van der Waals surface area contributed by atoms with E-state index in [1.165, 1.54) is 199 Å². The second kappa shape index (κ2) is 42.8. The minimum Gasteiger partial charge on any atom is -0.394 e. The van der Waals surface area contributed by atoms with Gasteiger partial charge >= 0.3 is 0 Å². The molecule has 8 atom stereocenters. The first-order valence-electron chi connectivity index (χ1n) is 26.8. The van der Waals surface area contributed by atoms with Crippen molar-refractivity contribution >= 4 is 5.91 Å². The Balaban J connectivity index is 2.28. The number of amides is 1. The van der Waals surface area contributed by atoms with Crippen LogP contribution in [0.3, 0.4) is 0 Å². The van der Waals surface area contributed by atoms with E-state index in [0.717, 1.165) is 38.5 Å². The average Bonchev–Trinajstić information content (AvgIpc) is 3.27. The van der Waals surface area contributed by atoms with Crippen LogP contribution in [0.4, 0.5) is 0 Å². The van der Waals surface area contributed by atoms with Gasteiger partial charge in [-0.05, 0) is 12.8 Å². The fourth-order valence-electron chi connectivity index (χ4n) is 8.97. The van der Waals surface area contributed by atoms with E-state index in [1.54, 1.807) is 0 Å². The average molecular weight is 886 g/mol. The van der Waals surface area contributed by atoms with Crippen LogP contribution >= 0.6 is 0 Å². The molecule has 0 bridgehead atoms. The van der Waals surface area contributed by atoms with Crippen molar-refractivity contribution < 1.29 is 44.9 Å². The highest BCUT2D eigenvalue weighted by molar-refractivity contribution is 5.76. The first kappa shape index (κ1) is 59.2. The molecule has 62 heavy (non-hydrogen) atoms. The van der Waals surface area contributed by atoms with Gasteiger partial charge < -0.3 is 45.4 Å². The molecular formula is C52H103NO9. The lowest BCUT2D eigenvalue weighted by Gasteiger charge is -2.40. The van der Waals surface area contributed by atoms with Gasteiger partial charge in [0.25, 0.3) is 0 Å². The Morgan fingerprint density at radius 1 is 0.500 bits per heavy atom. The topological polar surface area (TPSA) is 169 Å². The molecule has 1 heterocycles. The summed E-state index contributed by atoms with van der Waals surface area (Å²) >= 11 is 0. The Morgan fingerprint density at radius 3 is 1.19 bits per heavy atom. The molecule has 10 nitrogen and oxygen atoms in total. The summed E-state index contributed by atoms with van der Waals surface area (Å²) in [5.74, 6) is -0.251. The quantitative estimate of drug-likeness (QED) is 0.0294. The van der Waals surface area contributed by atoms with E-state index in [4.69, 9.17) is 9.47 Å². The Morgan fingerprint density at radius 2 is 0.839 bits per heavy atom. The summed E-state index contributed by atoms with van der Waals surface area (Å²) in [6.07, 6.45) is 38.3. The van der Waals surface area contributed by atoms with Crippen LogP contribution in [0.1, 0.15) is 264 Å². The van der Waals surface area contributed by atoms with Crippen molar-refractivity contribution in [2.75, 3.05) is 13.2 Å². The van der Waals surface area contributed by atoms with Crippen LogP contribution in [0, 0.1) is 0 Å². The molecule has 0 aromatic rings. The van der Waals surface area contributed by atoms with Crippen molar-refractivity contribution in [3.8, 4) is 0 Å². The summed E-state index contributed by atoms with van der Waals surface area (Å²) in [4.78, 5) is 13.1. The number of unbranched alkanes of at least 4 members (excludes halogenated alkanes) is 35. The molecule has 1 aliphatic rings. The van der Waals surface area contributed by atoms with Crippen molar-refractivity contribution in [3.63, 3.8) is 0 Å². The summed E-state index contributed by atoms with van der Waals surface area (Å²) in [7, 11) is 0. The number of aliphatic hydroxyl groups is 6. The van der Waals surface area contributed by atoms with Gasteiger partial charge in [-0.15, -0.1) is 0 Å². The highest BCUT2D eigenvalue weighted by atomic mass is 16.7. The lowest BCUT2D eigenvalue weighted by molar-refractivity contribution is -0.303. The van der Waals surface area contributed by atoms with E-state index in [-0.39, 0.29) is 18.9 Å². The molecular weight excluding hydrogens is 783 g/mol. The van der Waals surface area contributed by atoms with Crippen LogP contribution in [0.5, 0.6) is 0 Å². The first-order valence-corrected chi connectivity index (χ1v) is 26.8. The van der Waals surface area contributed by atoms with E-state index >= 15 is 0 Å². The zero-order valence-electron chi connectivity index (χ0n) is 40.5. The maximum Gasteiger partial charge on any atom is 0.220 e. The van der Waals surface area contributed by atoms with Gasteiger partial charge in [-0.25, -0.2) is 0 Å². The molecule has 1 fully saturated rings. The van der Waals surface area contributed by atoms with Crippen molar-refractivity contribution in [2.24, 2.45) is 0 Å². The number of hydrogen-bond acceptors (Lipinski definition) is 9. The molecule has 0 aromatic heterocycles. The van der Waals surface area contributed by atoms with Crippen LogP contribution in [-0.4, -0.2) is 98.7 Å². The van der Waals surface area contributed by atoms with Gasteiger partial charge in [0.15, 0.2) is 6.29 Å². The van der Waals surface area contributed by atoms with Crippen LogP contribution in [-0.2, 0) is 14.3 Å². The maximum absolute atomic E-state index is 13.1. The molecule has 0 saturated carbocycles. The Bertz CT molecular complexity index is 957. The fourth-order valence-corrected chi connectivity index (χ4v) is 8.97. The molecule has 7 N–H and O–H groups in total. The Labute approximate surface area is 381 Å². The number of carbonyl (C=O) groups excluding carboxylic acids is 1. The standard InChI is InChI=1S/C52H103NO9/c1-3-5-7-9-11-13-15-17-19-20-21-22-23-24-25-27-29-31-33-35-37-39-41-47(56)53-44(43-61-52-51(60)50(59)49(58)46(42-54)62-52)48(57)45(55)40-38-36-34-32-30-28-26-18-16-14-12-10-8-6-4-2/h44-46,48-52,54-55,57-60H,3-43H2,1-2H3,(H,53,56)/t44-,45+,46+,48-,49+,50?,51?,52+/m0/s1. The third-order valence-corrected chi connectivity index (χ3v) is 13.3. The zero-order valence-corrected chi connectivity index (χ0v) is 40.5. The largest absolute Gasteiger partial charge is 0.394 e. The van der Waals surface area contributed by atoms with Gasteiger partial charge in [0, 0.05) is 6.42 Å². The van der Waals surface area contributed by atoms with Gasteiger partial charge in [-0.1, -0.05) is 245 Å². The zero-order chi connectivity index (χ0) is 45.3. The number of nitrogens with one attached hydrogen (secondary N) is 1. The normalized spacial score (nSPS) is 20.7. The van der Waals surface area contributed by atoms with Crippen molar-refractivity contribution in [1.29, 1.82) is 0 Å². The van der Waals surface area contributed by atoms with Gasteiger partial charge in [0.2, 0.25) is 5.91 Å². The molecule has 2 unspecified atom stereocenters. The minimum absolute atomic E-state index is 0.251. The number of carbonyl (C=O) groups is 1. The molecule has 1 saturated heterocycles. The molecule has 1 amide bonds. The van der Waals surface area contributed by atoms with Crippen LogP contribution in [0.15, 0.2) is 0 Å². The third kappa shape index (κ3) is 31.9. The monoisotopic (exact) mass is 886 g/mol. The smallest absolute Gasteiger partial charge is 0.220 e. The van der Waals surface area contributed by atoms with E-state index in [2.05, 4.69) is 19.2 Å². The third-order valence-electron chi connectivity index (χ3n) is 13.3. The lowest BCUT2D eigenvalue weighted by atomic mass is 9.98. The predicted octanol–water partition coefficient (Wildman–Crippen LogP) is 11.3. The number of aliphatic hydroxyl groups excluding tert-OH is 6. The highest BCUT2D eigenvalue weighted by Gasteiger charge is 2.44. The number of hydrogen-bond donors (Lipinski definition) is 7. The summed E-state index contributed by atoms with van der Waals surface area (Å²) in [6, 6.07) is -0.985. The minimum atomic E-state index is -1.60. The molecule has 10 heteroatoms. The van der Waals surface area contributed by atoms with Gasteiger partial charge in [0.05, 0.1) is 25.4 Å². The van der Waals surface area contributed by atoms with Crippen molar-refractivity contribution in [1.82, 2.24) is 5.32 Å². The number of rotatable bonds is 46. The summed E-state index contributed by atoms with van der Waals surface area (Å²) in [5.41, 5.74) is 0. The molecule has 0 spiro atoms. The molecule has 0 aliphatic carbocycles. The van der Waals surface area contributed by atoms with E-state index in [9.17, 15) is 35.4 Å². The van der Waals surface area contributed by atoms with E-state index in [0.29, 0.717) is 6.42 Å². The van der Waals surface area contributed by atoms with E-state index < -0.39 is 55.6 Å².